The summed E-state index contributed by atoms with van der Waals surface area (Å²) in [6.07, 6.45) is 1.01. The zero-order valence-electron chi connectivity index (χ0n) is 21.1. The zero-order chi connectivity index (χ0) is 28.3. The summed E-state index contributed by atoms with van der Waals surface area (Å²) in [6, 6.07) is 8.50. The number of amides is 1. The van der Waals surface area contributed by atoms with Gasteiger partial charge in [0, 0.05) is 29.1 Å². The van der Waals surface area contributed by atoms with E-state index in [1.54, 1.807) is 6.08 Å². The molecule has 1 saturated heterocycles. The summed E-state index contributed by atoms with van der Waals surface area (Å²) in [4.78, 5) is 13.5. The second-order valence-electron chi connectivity index (χ2n) is 10.2. The van der Waals surface area contributed by atoms with E-state index in [0.717, 1.165) is 6.07 Å². The molecule has 0 unspecified atom stereocenters. The molecule has 5 atom stereocenters. The largest absolute Gasteiger partial charge is 0.394 e. The molecule has 3 rings (SSSR count). The van der Waals surface area contributed by atoms with Gasteiger partial charge >= 0.3 is 0 Å². The lowest BCUT2D eigenvalue weighted by molar-refractivity contribution is -0.123. The standard InChI is InChI=1S/C28H31Cl2F2N3O3/c1-4-27(2,3)13-22-28(15-33,19-9-8-16(29)12-21(19)31)23(18-6-5-7-20(30)24(18)32)25(35-22)26(38)34-11-10-17(37)14-36/h4-9,12,17,22-23,25,35-37H,1,10-11,13-14H2,2-3H3,(H,34,38)/t17-,22-,23-,25+,28-/m0/s1. The Kier molecular flexibility index (Phi) is 9.56. The van der Waals surface area contributed by atoms with Crippen LogP contribution in [0, 0.1) is 28.4 Å². The Balaban J connectivity index is 2.26. The van der Waals surface area contributed by atoms with Gasteiger partial charge in [0.25, 0.3) is 0 Å². The van der Waals surface area contributed by atoms with Crippen LogP contribution in [0.4, 0.5) is 8.78 Å². The highest BCUT2D eigenvalue weighted by Crippen LogP contribution is 2.52. The summed E-state index contributed by atoms with van der Waals surface area (Å²) in [5.74, 6) is -3.35. The van der Waals surface area contributed by atoms with E-state index in [9.17, 15) is 15.2 Å². The van der Waals surface area contributed by atoms with Gasteiger partial charge in [0.2, 0.25) is 5.91 Å². The van der Waals surface area contributed by atoms with Crippen LogP contribution in [0.25, 0.3) is 0 Å². The minimum absolute atomic E-state index is 0.0150. The van der Waals surface area contributed by atoms with Gasteiger partial charge in [-0.15, -0.1) is 6.58 Å². The molecule has 0 aromatic heterocycles. The first kappa shape index (κ1) is 30.0. The number of rotatable bonds is 10. The molecule has 0 radical (unpaired) electrons. The highest BCUT2D eigenvalue weighted by molar-refractivity contribution is 6.31. The Labute approximate surface area is 231 Å². The van der Waals surface area contributed by atoms with Gasteiger partial charge in [0.1, 0.15) is 17.0 Å². The maximum atomic E-state index is 15.6. The number of nitrogens with one attached hydrogen (secondary N) is 2. The van der Waals surface area contributed by atoms with E-state index in [-0.39, 0.29) is 40.6 Å². The molecule has 4 N–H and O–H groups in total. The van der Waals surface area contributed by atoms with E-state index in [2.05, 4.69) is 23.3 Å². The van der Waals surface area contributed by atoms with Crippen molar-refractivity contribution in [2.75, 3.05) is 13.2 Å². The maximum Gasteiger partial charge on any atom is 0.237 e. The van der Waals surface area contributed by atoms with Crippen molar-refractivity contribution in [1.29, 1.82) is 5.26 Å². The monoisotopic (exact) mass is 565 g/mol. The molecule has 0 spiro atoms. The average Bonchev–Trinajstić information content (AvgIpc) is 3.19. The van der Waals surface area contributed by atoms with Crippen molar-refractivity contribution < 1.29 is 23.8 Å². The molecule has 0 aliphatic carbocycles. The van der Waals surface area contributed by atoms with Crippen LogP contribution in [0.1, 0.15) is 43.7 Å². The van der Waals surface area contributed by atoms with Gasteiger partial charge in [0.05, 0.1) is 29.8 Å². The zero-order valence-corrected chi connectivity index (χ0v) is 22.7. The van der Waals surface area contributed by atoms with E-state index in [0.29, 0.717) is 0 Å². The molecule has 2 aromatic rings. The number of nitrogens with zero attached hydrogens (tertiary/aromatic N) is 1. The Morgan fingerprint density at radius 1 is 1.34 bits per heavy atom. The fourth-order valence-corrected chi connectivity index (χ4v) is 5.46. The first-order chi connectivity index (χ1) is 17.9. The molecule has 6 nitrogen and oxygen atoms in total. The average molecular weight is 566 g/mol. The number of carbonyl (C=O) groups is 1. The molecule has 1 heterocycles. The Hall–Kier alpha value is -2.54. The summed E-state index contributed by atoms with van der Waals surface area (Å²) in [6.45, 7) is 7.19. The number of benzene rings is 2. The van der Waals surface area contributed by atoms with Gasteiger partial charge in [0.15, 0.2) is 0 Å². The van der Waals surface area contributed by atoms with E-state index in [1.165, 1.54) is 30.3 Å². The third-order valence-electron chi connectivity index (χ3n) is 7.19. The van der Waals surface area contributed by atoms with Crippen LogP contribution < -0.4 is 10.6 Å². The SMILES string of the molecule is C=CC(C)(C)C[C@@H]1N[C@@H](C(=O)NCC[C@H](O)CO)[C@H](c2cccc(Cl)c2F)[C@@]1(C#N)c1ccc(Cl)cc1F. The molecular formula is C28H31Cl2F2N3O3. The predicted octanol–water partition coefficient (Wildman–Crippen LogP) is 4.62. The van der Waals surface area contributed by atoms with Gasteiger partial charge in [-0.05, 0) is 42.0 Å². The smallest absolute Gasteiger partial charge is 0.237 e. The van der Waals surface area contributed by atoms with Crippen molar-refractivity contribution in [1.82, 2.24) is 10.6 Å². The molecule has 2 aromatic carbocycles. The summed E-state index contributed by atoms with van der Waals surface area (Å²) >= 11 is 12.1. The Morgan fingerprint density at radius 2 is 2.05 bits per heavy atom. The van der Waals surface area contributed by atoms with Gasteiger partial charge in [-0.3, -0.25) is 4.79 Å². The topological polar surface area (TPSA) is 105 Å². The van der Waals surface area contributed by atoms with E-state index in [4.69, 9.17) is 28.3 Å². The van der Waals surface area contributed by atoms with E-state index >= 15 is 8.78 Å². The first-order valence-corrected chi connectivity index (χ1v) is 12.9. The van der Waals surface area contributed by atoms with Crippen LogP contribution in [-0.4, -0.2) is 47.5 Å². The summed E-state index contributed by atoms with van der Waals surface area (Å²) in [5.41, 5.74) is -2.35. The fraction of sp³-hybridized carbons (Fsp3) is 0.429. The van der Waals surface area contributed by atoms with Crippen LogP contribution in [0.3, 0.4) is 0 Å². The maximum absolute atomic E-state index is 15.6. The lowest BCUT2D eigenvalue weighted by Crippen LogP contribution is -2.46. The van der Waals surface area contributed by atoms with Crippen molar-refractivity contribution >= 4 is 29.1 Å². The Morgan fingerprint density at radius 3 is 2.66 bits per heavy atom. The second kappa shape index (κ2) is 12.1. The molecule has 0 bridgehead atoms. The third-order valence-corrected chi connectivity index (χ3v) is 7.71. The summed E-state index contributed by atoms with van der Waals surface area (Å²) in [5, 5.41) is 35.4. The van der Waals surface area contributed by atoms with Crippen LogP contribution >= 0.6 is 23.2 Å². The van der Waals surface area contributed by atoms with Crippen molar-refractivity contribution in [3.63, 3.8) is 0 Å². The molecule has 1 aliphatic rings. The van der Waals surface area contributed by atoms with Gasteiger partial charge in [-0.1, -0.05) is 61.3 Å². The highest BCUT2D eigenvalue weighted by Gasteiger charge is 2.61. The second-order valence-corrected chi connectivity index (χ2v) is 11.1. The Bertz CT molecular complexity index is 1240. The highest BCUT2D eigenvalue weighted by atomic mass is 35.5. The van der Waals surface area contributed by atoms with Gasteiger partial charge in [-0.25, -0.2) is 8.78 Å². The van der Waals surface area contributed by atoms with Gasteiger partial charge < -0.3 is 20.8 Å². The van der Waals surface area contributed by atoms with Crippen molar-refractivity contribution in [2.45, 2.75) is 56.2 Å². The normalized spacial score (nSPS) is 24.0. The first-order valence-electron chi connectivity index (χ1n) is 12.2. The minimum atomic E-state index is -1.76. The lowest BCUT2D eigenvalue weighted by atomic mass is 9.62. The van der Waals surface area contributed by atoms with Crippen LogP contribution in [-0.2, 0) is 10.2 Å². The molecule has 38 heavy (non-hydrogen) atoms. The number of halogens is 4. The molecule has 0 saturated carbocycles. The number of allylic oxidation sites excluding steroid dienone is 1. The summed E-state index contributed by atoms with van der Waals surface area (Å²) in [7, 11) is 0. The fourth-order valence-electron chi connectivity index (χ4n) is 5.12. The van der Waals surface area contributed by atoms with Crippen molar-refractivity contribution in [3.8, 4) is 6.07 Å². The van der Waals surface area contributed by atoms with Crippen LogP contribution in [0.15, 0.2) is 49.1 Å². The number of aliphatic hydroxyl groups is 2. The van der Waals surface area contributed by atoms with Crippen molar-refractivity contribution in [3.05, 3.63) is 81.9 Å². The molecule has 10 heteroatoms. The number of carbonyl (C=O) groups excluding carboxylic acids is 1. The number of hydrogen-bond acceptors (Lipinski definition) is 5. The number of nitriles is 1. The number of aliphatic hydroxyl groups excluding tert-OH is 2. The molecular weight excluding hydrogens is 535 g/mol. The molecule has 1 aliphatic heterocycles. The van der Waals surface area contributed by atoms with Gasteiger partial charge in [-0.2, -0.15) is 5.26 Å². The van der Waals surface area contributed by atoms with Crippen LogP contribution in [0.2, 0.25) is 10.0 Å². The van der Waals surface area contributed by atoms with Crippen LogP contribution in [0.5, 0.6) is 0 Å². The van der Waals surface area contributed by atoms with Crippen molar-refractivity contribution in [2.24, 2.45) is 5.41 Å². The minimum Gasteiger partial charge on any atom is -0.394 e. The third kappa shape index (κ3) is 5.88. The van der Waals surface area contributed by atoms with E-state index in [1.807, 2.05) is 13.8 Å². The lowest BCUT2D eigenvalue weighted by Gasteiger charge is -2.37. The van der Waals surface area contributed by atoms with E-state index < -0.39 is 59.1 Å². The predicted molar refractivity (Wildman–Crippen MR) is 143 cm³/mol. The number of hydrogen-bond donors (Lipinski definition) is 4. The quantitative estimate of drug-likeness (QED) is 0.314. The molecule has 1 fully saturated rings. The molecule has 1 amide bonds. The summed E-state index contributed by atoms with van der Waals surface area (Å²) < 4.78 is 31.2. The molecule has 204 valence electrons.